The van der Waals surface area contributed by atoms with E-state index in [9.17, 15) is 0 Å². The van der Waals surface area contributed by atoms with Crippen LogP contribution in [-0.4, -0.2) is 11.1 Å². The summed E-state index contributed by atoms with van der Waals surface area (Å²) in [5.74, 6) is 0.227. The van der Waals surface area contributed by atoms with Gasteiger partial charge in [-0.05, 0) is 0 Å². The molecular weight excluding hydrogens is 273 g/mol. The molecule has 1 aromatic carbocycles. The quantitative estimate of drug-likeness (QED) is 0.449. The monoisotopic (exact) mass is 280 g/mol. The molecule has 0 aliphatic heterocycles. The molecule has 0 aromatic heterocycles. The summed E-state index contributed by atoms with van der Waals surface area (Å²) in [7, 11) is 0. The van der Waals surface area contributed by atoms with Crippen LogP contribution in [0.1, 0.15) is 0 Å². The van der Waals surface area contributed by atoms with Gasteiger partial charge in [0.05, 0.1) is 0 Å². The molecule has 1 aromatic rings. The maximum atomic E-state index is 9.13. The van der Waals surface area contributed by atoms with Crippen LogP contribution in [0.4, 0.5) is 0 Å². The standard InChI is InChI=1S/C6H5.C3H2O2.Cs/c1-2-4-6-5-3-1;1-2-3(4)5;/h1-5H;1H,(H,4,5);/q-1;;+1. The molecule has 0 amide bonds. The third-order valence-corrected chi connectivity index (χ3v) is 0.731. The van der Waals surface area contributed by atoms with Gasteiger partial charge in [0.15, 0.2) is 0 Å². The van der Waals surface area contributed by atoms with Gasteiger partial charge in [-0.1, -0.05) is 0 Å². The van der Waals surface area contributed by atoms with Crippen molar-refractivity contribution in [2.24, 2.45) is 0 Å². The Hall–Kier alpha value is 0.302. The smallest absolute Gasteiger partial charge is 0.472 e. The minimum absolute atomic E-state index is 0. The first-order chi connectivity index (χ1) is 5.27. The van der Waals surface area contributed by atoms with Gasteiger partial charge in [-0.15, -0.1) is 6.42 Å². The summed E-state index contributed by atoms with van der Waals surface area (Å²) in [6.07, 6.45) is 4.32. The van der Waals surface area contributed by atoms with Crippen molar-refractivity contribution in [2.75, 3.05) is 0 Å². The molecule has 3 heteroatoms. The Kier molecular flexibility index (Phi) is 13.9. The number of aliphatic carboxylic acids is 1. The second-order valence-corrected chi connectivity index (χ2v) is 1.53. The molecule has 0 radical (unpaired) electrons. The van der Waals surface area contributed by atoms with Crippen molar-refractivity contribution < 1.29 is 78.8 Å². The number of carbonyl (C=O) groups is 1. The first-order valence-corrected chi connectivity index (χ1v) is 2.88. The Bertz CT molecular complexity index is 212. The van der Waals surface area contributed by atoms with Crippen LogP contribution < -0.4 is 68.9 Å². The molecule has 0 unspecified atom stereocenters. The van der Waals surface area contributed by atoms with Crippen LogP contribution in [0.15, 0.2) is 30.3 Å². The van der Waals surface area contributed by atoms with E-state index in [4.69, 9.17) is 9.90 Å². The molecule has 0 spiro atoms. The van der Waals surface area contributed by atoms with Crippen molar-refractivity contribution in [3.63, 3.8) is 0 Å². The molecule has 0 saturated carbocycles. The minimum Gasteiger partial charge on any atom is -0.472 e. The van der Waals surface area contributed by atoms with E-state index in [-0.39, 0.29) is 68.9 Å². The zero-order valence-corrected chi connectivity index (χ0v) is 13.1. The van der Waals surface area contributed by atoms with Gasteiger partial charge in [-0.25, -0.2) is 4.79 Å². The van der Waals surface area contributed by atoms with E-state index >= 15 is 0 Å². The summed E-state index contributed by atoms with van der Waals surface area (Å²) in [5, 5.41) is 7.49. The number of carboxylic acids is 1. The Morgan fingerprint density at radius 1 is 1.33 bits per heavy atom. The molecule has 0 aliphatic carbocycles. The molecule has 0 saturated heterocycles. The van der Waals surface area contributed by atoms with Crippen molar-refractivity contribution in [3.8, 4) is 12.3 Å². The zero-order chi connectivity index (χ0) is 8.53. The van der Waals surface area contributed by atoms with E-state index < -0.39 is 5.97 Å². The van der Waals surface area contributed by atoms with Crippen LogP contribution in [-0.2, 0) is 4.79 Å². The summed E-state index contributed by atoms with van der Waals surface area (Å²) < 4.78 is 0. The largest absolute Gasteiger partial charge is 1.00 e. The van der Waals surface area contributed by atoms with Crippen molar-refractivity contribution in [1.29, 1.82) is 0 Å². The fourth-order valence-corrected chi connectivity index (χ4v) is 0.342. The maximum absolute atomic E-state index is 9.13. The Balaban J connectivity index is 0. The van der Waals surface area contributed by atoms with Crippen LogP contribution in [0, 0.1) is 18.4 Å². The number of rotatable bonds is 0. The van der Waals surface area contributed by atoms with Crippen molar-refractivity contribution in [3.05, 3.63) is 36.4 Å². The van der Waals surface area contributed by atoms with E-state index in [2.05, 4.69) is 12.5 Å². The summed E-state index contributed by atoms with van der Waals surface area (Å²) in [6, 6.07) is 12.5. The Morgan fingerprint density at radius 2 is 1.75 bits per heavy atom. The summed E-state index contributed by atoms with van der Waals surface area (Å²) >= 11 is 0. The molecule has 0 aliphatic rings. The second-order valence-electron chi connectivity index (χ2n) is 1.53. The van der Waals surface area contributed by atoms with Gasteiger partial charge in [0.2, 0.25) is 0 Å². The molecular formula is C9H7CsO2. The molecule has 1 N–H and O–H groups in total. The van der Waals surface area contributed by atoms with E-state index in [1.165, 1.54) is 5.92 Å². The summed E-state index contributed by atoms with van der Waals surface area (Å²) in [4.78, 5) is 9.13. The summed E-state index contributed by atoms with van der Waals surface area (Å²) in [6.45, 7) is 0. The molecule has 0 atom stereocenters. The van der Waals surface area contributed by atoms with Crippen LogP contribution in [0.2, 0.25) is 0 Å². The van der Waals surface area contributed by atoms with Gasteiger partial charge in [0, 0.05) is 5.92 Å². The van der Waals surface area contributed by atoms with Crippen molar-refractivity contribution in [1.82, 2.24) is 0 Å². The Morgan fingerprint density at radius 3 is 1.83 bits per heavy atom. The average Bonchev–Trinajstić information content (AvgIpc) is 2.09. The normalized spacial score (nSPS) is 6.25. The molecule has 56 valence electrons. The van der Waals surface area contributed by atoms with Gasteiger partial charge < -0.3 is 5.11 Å². The van der Waals surface area contributed by atoms with Gasteiger partial charge >= 0.3 is 74.9 Å². The molecule has 0 heterocycles. The fourth-order valence-electron chi connectivity index (χ4n) is 0.342. The Labute approximate surface area is 131 Å². The molecule has 12 heavy (non-hydrogen) atoms. The number of carboxylic acid groups (broad SMARTS) is 1. The molecule has 0 bridgehead atoms. The van der Waals surface area contributed by atoms with E-state index in [1.54, 1.807) is 0 Å². The van der Waals surface area contributed by atoms with Crippen LogP contribution in [0.25, 0.3) is 0 Å². The second kappa shape index (κ2) is 11.3. The number of hydrogen-bond acceptors (Lipinski definition) is 1. The minimum atomic E-state index is -1.22. The van der Waals surface area contributed by atoms with Crippen molar-refractivity contribution >= 4 is 5.97 Å². The third-order valence-electron chi connectivity index (χ3n) is 0.731. The van der Waals surface area contributed by atoms with E-state index in [0.717, 1.165) is 0 Å². The topological polar surface area (TPSA) is 37.3 Å². The first-order valence-electron chi connectivity index (χ1n) is 2.88. The van der Waals surface area contributed by atoms with Gasteiger partial charge in [-0.3, -0.25) is 0 Å². The molecule has 2 nitrogen and oxygen atoms in total. The number of benzene rings is 1. The van der Waals surface area contributed by atoms with Gasteiger partial charge in [0.25, 0.3) is 0 Å². The fraction of sp³-hybridized carbons (Fsp3) is 0. The summed E-state index contributed by atoms with van der Waals surface area (Å²) in [5.41, 5.74) is 0. The molecule has 1 rings (SSSR count). The van der Waals surface area contributed by atoms with Crippen molar-refractivity contribution in [2.45, 2.75) is 0 Å². The van der Waals surface area contributed by atoms with Gasteiger partial charge in [-0.2, -0.15) is 36.4 Å². The average molecular weight is 280 g/mol. The van der Waals surface area contributed by atoms with E-state index in [0.29, 0.717) is 0 Å². The predicted octanol–water partition coefficient (Wildman–Crippen LogP) is -1.81. The maximum Gasteiger partial charge on any atom is 1.00 e. The first kappa shape index (κ1) is 14.8. The third kappa shape index (κ3) is 12.9. The van der Waals surface area contributed by atoms with Crippen LogP contribution >= 0.6 is 0 Å². The number of hydrogen-bond donors (Lipinski definition) is 1. The zero-order valence-electron chi connectivity index (χ0n) is 6.82. The SMILES string of the molecule is C#CC(=O)O.[Cs+].[c-]1ccccc1. The van der Waals surface area contributed by atoms with E-state index in [1.807, 2.05) is 30.3 Å². The number of terminal acetylenes is 1. The molecule has 0 fully saturated rings. The van der Waals surface area contributed by atoms with Crippen LogP contribution in [0.5, 0.6) is 0 Å². The van der Waals surface area contributed by atoms with Gasteiger partial charge in [0.1, 0.15) is 0 Å². The van der Waals surface area contributed by atoms with Crippen LogP contribution in [0.3, 0.4) is 0 Å². The predicted molar refractivity (Wildman–Crippen MR) is 41.7 cm³/mol.